The van der Waals surface area contributed by atoms with Crippen LogP contribution < -0.4 is 5.73 Å². The van der Waals surface area contributed by atoms with Crippen molar-refractivity contribution in [1.82, 2.24) is 4.90 Å². The van der Waals surface area contributed by atoms with Crippen LogP contribution in [0, 0.1) is 5.82 Å². The lowest BCUT2D eigenvalue weighted by atomic mass is 10.1. The number of primary amides is 1. The van der Waals surface area contributed by atoms with Crippen LogP contribution in [0.1, 0.15) is 16.7 Å². The van der Waals surface area contributed by atoms with Crippen molar-refractivity contribution in [3.63, 3.8) is 0 Å². The Morgan fingerprint density at radius 3 is 2.59 bits per heavy atom. The average Bonchev–Trinajstić information content (AvgIpc) is 2.69. The van der Waals surface area contributed by atoms with E-state index in [-0.39, 0.29) is 11.6 Å². The second-order valence-electron chi connectivity index (χ2n) is 6.58. The van der Waals surface area contributed by atoms with E-state index in [0.29, 0.717) is 5.56 Å². The quantitative estimate of drug-likeness (QED) is 0.704. The molecule has 29 heavy (non-hydrogen) atoms. The highest BCUT2D eigenvalue weighted by Crippen LogP contribution is 2.18. The number of rotatable bonds is 6. The van der Waals surface area contributed by atoms with Gasteiger partial charge in [0.25, 0.3) is 0 Å². The third-order valence-corrected chi connectivity index (χ3v) is 4.62. The molecule has 3 N–H and O–H groups in total. The summed E-state index contributed by atoms with van der Waals surface area (Å²) in [5.41, 5.74) is 7.98. The van der Waals surface area contributed by atoms with Crippen LogP contribution in [0.4, 0.5) is 4.39 Å². The van der Waals surface area contributed by atoms with Crippen LogP contribution in [0.2, 0.25) is 5.02 Å². The Morgan fingerprint density at radius 1 is 1.21 bits per heavy atom. The molecular formula is C22H26ClFN2O3. The first-order valence-corrected chi connectivity index (χ1v) is 9.77. The van der Waals surface area contributed by atoms with Gasteiger partial charge in [0.2, 0.25) is 5.91 Å². The largest absolute Gasteiger partial charge is 0.396 e. The van der Waals surface area contributed by atoms with Gasteiger partial charge in [-0.15, -0.1) is 0 Å². The summed E-state index contributed by atoms with van der Waals surface area (Å²) < 4.78 is 17.9. The lowest BCUT2D eigenvalue weighted by molar-refractivity contribution is -0.113. The molecule has 1 saturated heterocycles. The third-order valence-electron chi connectivity index (χ3n) is 4.29. The highest BCUT2D eigenvalue weighted by molar-refractivity contribution is 6.32. The smallest absolute Gasteiger partial charge is 0.241 e. The molecule has 0 bridgehead atoms. The molecule has 1 amide bonds. The molecule has 0 aliphatic carbocycles. The Hall–Kier alpha value is -2.25. The Balaban J connectivity index is 0.000000212. The minimum Gasteiger partial charge on any atom is -0.396 e. The maximum Gasteiger partial charge on any atom is 0.241 e. The molecule has 1 fully saturated rings. The van der Waals surface area contributed by atoms with Gasteiger partial charge in [0, 0.05) is 32.3 Å². The molecule has 3 rings (SSSR count). The number of ether oxygens (including phenoxy) is 1. The zero-order valence-electron chi connectivity index (χ0n) is 16.2. The van der Waals surface area contributed by atoms with Crippen LogP contribution in [-0.4, -0.2) is 48.8 Å². The van der Waals surface area contributed by atoms with Gasteiger partial charge in [0.1, 0.15) is 5.82 Å². The summed E-state index contributed by atoms with van der Waals surface area (Å²) in [6.45, 7) is 4.94. The number of carbonyl (C=O) groups is 1. The number of benzene rings is 2. The molecule has 0 radical (unpaired) electrons. The predicted molar refractivity (Wildman–Crippen MR) is 113 cm³/mol. The number of aliphatic hydroxyl groups is 1. The fourth-order valence-corrected chi connectivity index (χ4v) is 3.07. The van der Waals surface area contributed by atoms with Crippen LogP contribution >= 0.6 is 11.6 Å². The minimum atomic E-state index is -0.569. The van der Waals surface area contributed by atoms with E-state index in [2.05, 4.69) is 29.2 Å². The van der Waals surface area contributed by atoms with E-state index in [0.717, 1.165) is 39.3 Å². The summed E-state index contributed by atoms with van der Waals surface area (Å²) >= 11 is 5.67. The van der Waals surface area contributed by atoms with Crippen molar-refractivity contribution < 1.29 is 19.0 Å². The van der Waals surface area contributed by atoms with Crippen LogP contribution in [0.5, 0.6) is 0 Å². The molecule has 156 valence electrons. The predicted octanol–water partition coefficient (Wildman–Crippen LogP) is 3.03. The van der Waals surface area contributed by atoms with Crippen molar-refractivity contribution in [1.29, 1.82) is 0 Å². The molecule has 2 aromatic carbocycles. The molecule has 0 aromatic heterocycles. The highest BCUT2D eigenvalue weighted by Gasteiger charge is 2.10. The summed E-state index contributed by atoms with van der Waals surface area (Å²) in [5, 5.41) is 9.15. The number of morpholine rings is 1. The van der Waals surface area contributed by atoms with Crippen molar-refractivity contribution in [2.24, 2.45) is 5.73 Å². The molecule has 0 unspecified atom stereocenters. The lowest BCUT2D eigenvalue weighted by Gasteiger charge is -2.26. The molecule has 5 nitrogen and oxygen atoms in total. The fraction of sp³-hybridized carbons (Fsp3) is 0.318. The van der Waals surface area contributed by atoms with Gasteiger partial charge in [-0.2, -0.15) is 0 Å². The number of amides is 1. The van der Waals surface area contributed by atoms with Gasteiger partial charge in [-0.3, -0.25) is 9.69 Å². The fourth-order valence-electron chi connectivity index (χ4n) is 2.84. The Morgan fingerprint density at radius 2 is 1.93 bits per heavy atom. The molecule has 1 aliphatic rings. The molecule has 1 aliphatic heterocycles. The monoisotopic (exact) mass is 420 g/mol. The van der Waals surface area contributed by atoms with Crippen molar-refractivity contribution in [2.75, 3.05) is 32.9 Å². The number of nitrogens with two attached hydrogens (primary N) is 1. The molecule has 0 saturated carbocycles. The van der Waals surface area contributed by atoms with E-state index < -0.39 is 11.7 Å². The zero-order chi connectivity index (χ0) is 21.1. The topological polar surface area (TPSA) is 75.8 Å². The molecule has 1 heterocycles. The maximum absolute atomic E-state index is 12.5. The second kappa shape index (κ2) is 12.3. The van der Waals surface area contributed by atoms with E-state index in [1.165, 1.54) is 41.5 Å². The first-order valence-electron chi connectivity index (χ1n) is 9.39. The second-order valence-corrected chi connectivity index (χ2v) is 6.99. The summed E-state index contributed by atoms with van der Waals surface area (Å²) in [5.74, 6) is -0.985. The van der Waals surface area contributed by atoms with Crippen molar-refractivity contribution in [3.05, 3.63) is 76.1 Å². The van der Waals surface area contributed by atoms with Crippen LogP contribution in [-0.2, 0) is 22.5 Å². The highest BCUT2D eigenvalue weighted by atomic mass is 35.5. The average molecular weight is 421 g/mol. The Bertz CT molecular complexity index is 823. The number of carbonyl (C=O) groups excluding carboxylic acids is 1. The normalized spacial score (nSPS) is 14.4. The molecule has 2 aromatic rings. The van der Waals surface area contributed by atoms with Crippen LogP contribution in [0.3, 0.4) is 0 Å². The van der Waals surface area contributed by atoms with E-state index in [4.69, 9.17) is 27.2 Å². The van der Waals surface area contributed by atoms with Crippen molar-refractivity contribution in [2.45, 2.75) is 13.0 Å². The zero-order valence-corrected chi connectivity index (χ0v) is 16.9. The van der Waals surface area contributed by atoms with Gasteiger partial charge in [-0.1, -0.05) is 41.9 Å². The first-order chi connectivity index (χ1) is 14.0. The van der Waals surface area contributed by atoms with E-state index in [1.807, 2.05) is 0 Å². The van der Waals surface area contributed by atoms with Gasteiger partial charge in [0.15, 0.2) is 0 Å². The number of hydrogen-bond donors (Lipinski definition) is 2. The SMILES string of the molecule is NC(=O)/C=C/c1ccc(F)cc1Cl.OCCc1cccc(CN2CCOCC2)c1. The molecule has 0 atom stereocenters. The van der Waals surface area contributed by atoms with Gasteiger partial charge < -0.3 is 15.6 Å². The van der Waals surface area contributed by atoms with E-state index in [9.17, 15) is 9.18 Å². The van der Waals surface area contributed by atoms with E-state index in [1.54, 1.807) is 0 Å². The number of halogens is 2. The third kappa shape index (κ3) is 8.75. The lowest BCUT2D eigenvalue weighted by Crippen LogP contribution is -2.35. The van der Waals surface area contributed by atoms with Gasteiger partial charge in [-0.25, -0.2) is 4.39 Å². The number of hydrogen-bond acceptors (Lipinski definition) is 4. The van der Waals surface area contributed by atoms with Crippen molar-refractivity contribution >= 4 is 23.6 Å². The summed E-state index contributed by atoms with van der Waals surface area (Å²) in [4.78, 5) is 12.8. The minimum absolute atomic E-state index is 0.223. The van der Waals surface area contributed by atoms with Crippen molar-refractivity contribution in [3.8, 4) is 0 Å². The van der Waals surface area contributed by atoms with Gasteiger partial charge >= 0.3 is 0 Å². The summed E-state index contributed by atoms with van der Waals surface area (Å²) in [6.07, 6.45) is 3.35. The van der Waals surface area contributed by atoms with Crippen LogP contribution in [0.15, 0.2) is 48.5 Å². The summed E-state index contributed by atoms with van der Waals surface area (Å²) in [7, 11) is 0. The molecule has 7 heteroatoms. The Kier molecular flexibility index (Phi) is 9.80. The van der Waals surface area contributed by atoms with Crippen LogP contribution in [0.25, 0.3) is 6.08 Å². The standard InChI is InChI=1S/C13H19NO2.C9H7ClFNO/c15-7-4-12-2-1-3-13(10-12)11-14-5-8-16-9-6-14;10-8-5-7(11)3-1-6(8)2-4-9(12)13/h1-3,10,15H,4-9,11H2;1-5H,(H2,12,13)/b;4-2+. The first kappa shape index (κ1) is 23.0. The number of aliphatic hydroxyl groups excluding tert-OH is 1. The molecule has 0 spiro atoms. The van der Waals surface area contributed by atoms with Gasteiger partial charge in [-0.05, 0) is 41.3 Å². The summed E-state index contributed by atoms with van der Waals surface area (Å²) in [6, 6.07) is 12.4. The maximum atomic E-state index is 12.5. The molecular weight excluding hydrogens is 395 g/mol. The van der Waals surface area contributed by atoms with Gasteiger partial charge in [0.05, 0.1) is 18.2 Å². The number of nitrogens with zero attached hydrogens (tertiary/aromatic N) is 1. The Labute approximate surface area is 175 Å². The van der Waals surface area contributed by atoms with E-state index >= 15 is 0 Å².